The smallest absolute Gasteiger partial charge is 0.0962 e. The number of hydrogen-bond donors (Lipinski definition) is 1. The van der Waals surface area contributed by atoms with Crippen LogP contribution in [0.5, 0.6) is 0 Å². The highest BCUT2D eigenvalue weighted by Crippen LogP contribution is 2.16. The zero-order chi connectivity index (χ0) is 11.3. The van der Waals surface area contributed by atoms with Gasteiger partial charge in [0.15, 0.2) is 0 Å². The molecule has 15 heavy (non-hydrogen) atoms. The standard InChI is InChI=1S/C11H21N3O/c1-11(2)9-14(6-7-15-11)5-4-10(8-12)13-3/h10,13H,4-7,9H2,1-3H3. The van der Waals surface area contributed by atoms with E-state index in [0.717, 1.165) is 32.7 Å². The maximum absolute atomic E-state index is 8.80. The van der Waals surface area contributed by atoms with Crippen molar-refractivity contribution in [2.75, 3.05) is 33.3 Å². The number of rotatable bonds is 4. The van der Waals surface area contributed by atoms with E-state index < -0.39 is 0 Å². The average Bonchev–Trinajstić information content (AvgIpc) is 2.18. The van der Waals surface area contributed by atoms with E-state index in [9.17, 15) is 0 Å². The lowest BCUT2D eigenvalue weighted by Crippen LogP contribution is -2.49. The fraction of sp³-hybridized carbons (Fsp3) is 0.909. The van der Waals surface area contributed by atoms with E-state index in [1.54, 1.807) is 0 Å². The van der Waals surface area contributed by atoms with Gasteiger partial charge in [0, 0.05) is 19.6 Å². The van der Waals surface area contributed by atoms with Crippen LogP contribution in [-0.4, -0.2) is 49.8 Å². The maximum Gasteiger partial charge on any atom is 0.0962 e. The first-order valence-corrected chi connectivity index (χ1v) is 5.50. The van der Waals surface area contributed by atoms with Crippen LogP contribution in [0.25, 0.3) is 0 Å². The van der Waals surface area contributed by atoms with E-state index in [1.165, 1.54) is 0 Å². The van der Waals surface area contributed by atoms with Crippen LogP contribution in [0.1, 0.15) is 20.3 Å². The quantitative estimate of drug-likeness (QED) is 0.739. The lowest BCUT2D eigenvalue weighted by Gasteiger charge is -2.38. The molecule has 0 radical (unpaired) electrons. The van der Waals surface area contributed by atoms with Gasteiger partial charge < -0.3 is 10.1 Å². The van der Waals surface area contributed by atoms with E-state index >= 15 is 0 Å². The van der Waals surface area contributed by atoms with Gasteiger partial charge in [0.2, 0.25) is 0 Å². The number of nitrogens with one attached hydrogen (secondary N) is 1. The van der Waals surface area contributed by atoms with Gasteiger partial charge in [-0.3, -0.25) is 4.90 Å². The molecule has 1 heterocycles. The summed E-state index contributed by atoms with van der Waals surface area (Å²) in [7, 11) is 1.83. The normalized spacial score (nSPS) is 23.3. The molecule has 0 bridgehead atoms. The summed E-state index contributed by atoms with van der Waals surface area (Å²) in [6.45, 7) is 7.91. The minimum Gasteiger partial charge on any atom is -0.373 e. The largest absolute Gasteiger partial charge is 0.373 e. The summed E-state index contributed by atoms with van der Waals surface area (Å²) in [5, 5.41) is 11.8. The van der Waals surface area contributed by atoms with Crippen molar-refractivity contribution in [2.45, 2.75) is 31.9 Å². The molecule has 4 nitrogen and oxygen atoms in total. The Bertz CT molecular complexity index is 234. The van der Waals surface area contributed by atoms with Crippen molar-refractivity contribution >= 4 is 0 Å². The minimum absolute atomic E-state index is 0.0315. The van der Waals surface area contributed by atoms with Crippen LogP contribution < -0.4 is 5.32 Å². The Labute approximate surface area is 92.2 Å². The molecule has 4 heteroatoms. The van der Waals surface area contributed by atoms with E-state index in [-0.39, 0.29) is 11.6 Å². The Morgan fingerprint density at radius 3 is 2.87 bits per heavy atom. The van der Waals surface area contributed by atoms with Crippen LogP contribution in [0.2, 0.25) is 0 Å². The number of nitrogens with zero attached hydrogens (tertiary/aromatic N) is 2. The minimum atomic E-state index is -0.0416. The molecule has 0 aromatic rings. The predicted molar refractivity (Wildman–Crippen MR) is 59.5 cm³/mol. The van der Waals surface area contributed by atoms with Crippen LogP contribution in [0, 0.1) is 11.3 Å². The number of nitriles is 1. The highest BCUT2D eigenvalue weighted by molar-refractivity contribution is 4.90. The first-order chi connectivity index (χ1) is 7.07. The van der Waals surface area contributed by atoms with Crippen LogP contribution in [0.3, 0.4) is 0 Å². The Morgan fingerprint density at radius 1 is 1.60 bits per heavy atom. The lowest BCUT2D eigenvalue weighted by molar-refractivity contribution is -0.0862. The summed E-state index contributed by atoms with van der Waals surface area (Å²) in [6.07, 6.45) is 0.878. The molecule has 0 aromatic carbocycles. The molecule has 0 amide bonds. The fourth-order valence-corrected chi connectivity index (χ4v) is 1.89. The molecule has 1 rings (SSSR count). The molecular weight excluding hydrogens is 190 g/mol. The second-order valence-electron chi connectivity index (χ2n) is 4.64. The molecule has 1 fully saturated rings. The number of morpholine rings is 1. The van der Waals surface area contributed by atoms with E-state index in [4.69, 9.17) is 10.00 Å². The summed E-state index contributed by atoms with van der Waals surface area (Å²) in [6, 6.07) is 2.21. The van der Waals surface area contributed by atoms with Crippen LogP contribution in [0.15, 0.2) is 0 Å². The van der Waals surface area contributed by atoms with E-state index in [2.05, 4.69) is 30.1 Å². The molecule has 1 N–H and O–H groups in total. The Balaban J connectivity index is 2.30. The number of hydrogen-bond acceptors (Lipinski definition) is 4. The second-order valence-corrected chi connectivity index (χ2v) is 4.64. The lowest BCUT2D eigenvalue weighted by atomic mass is 10.1. The second kappa shape index (κ2) is 5.45. The molecule has 1 aliphatic rings. The molecule has 0 aliphatic carbocycles. The van der Waals surface area contributed by atoms with Gasteiger partial charge in [0.1, 0.15) is 0 Å². The molecule has 1 unspecified atom stereocenters. The van der Waals surface area contributed by atoms with E-state index in [0.29, 0.717) is 0 Å². The Kier molecular flexibility index (Phi) is 4.52. The Morgan fingerprint density at radius 2 is 2.33 bits per heavy atom. The van der Waals surface area contributed by atoms with Crippen LogP contribution in [-0.2, 0) is 4.74 Å². The van der Waals surface area contributed by atoms with Crippen molar-refractivity contribution in [3.8, 4) is 6.07 Å². The van der Waals surface area contributed by atoms with Gasteiger partial charge in [-0.05, 0) is 27.3 Å². The zero-order valence-corrected chi connectivity index (χ0v) is 9.92. The molecule has 1 aliphatic heterocycles. The van der Waals surface area contributed by atoms with Crippen molar-refractivity contribution in [3.63, 3.8) is 0 Å². The summed E-state index contributed by atoms with van der Waals surface area (Å²) in [4.78, 5) is 2.37. The third-order valence-corrected chi connectivity index (χ3v) is 2.74. The molecule has 0 saturated carbocycles. The highest BCUT2D eigenvalue weighted by atomic mass is 16.5. The summed E-state index contributed by atoms with van der Waals surface area (Å²) < 4.78 is 5.63. The molecule has 86 valence electrons. The van der Waals surface area contributed by atoms with Gasteiger partial charge in [-0.1, -0.05) is 0 Å². The molecular formula is C11H21N3O. The van der Waals surface area contributed by atoms with Gasteiger partial charge in [0.25, 0.3) is 0 Å². The summed E-state index contributed by atoms with van der Waals surface area (Å²) >= 11 is 0. The van der Waals surface area contributed by atoms with Crippen molar-refractivity contribution in [1.29, 1.82) is 5.26 Å². The fourth-order valence-electron chi connectivity index (χ4n) is 1.89. The average molecular weight is 211 g/mol. The third-order valence-electron chi connectivity index (χ3n) is 2.74. The van der Waals surface area contributed by atoms with E-state index in [1.807, 2.05) is 7.05 Å². The van der Waals surface area contributed by atoms with Crippen molar-refractivity contribution < 1.29 is 4.74 Å². The van der Waals surface area contributed by atoms with Gasteiger partial charge >= 0.3 is 0 Å². The predicted octanol–water partition coefficient (Wildman–Crippen LogP) is 0.599. The van der Waals surface area contributed by atoms with Crippen molar-refractivity contribution in [2.24, 2.45) is 0 Å². The first-order valence-electron chi connectivity index (χ1n) is 5.50. The maximum atomic E-state index is 8.80. The molecule has 0 aromatic heterocycles. The van der Waals surface area contributed by atoms with Crippen molar-refractivity contribution in [3.05, 3.63) is 0 Å². The van der Waals surface area contributed by atoms with Crippen molar-refractivity contribution in [1.82, 2.24) is 10.2 Å². The molecule has 0 spiro atoms. The Hall–Kier alpha value is -0.630. The van der Waals surface area contributed by atoms with Gasteiger partial charge in [-0.25, -0.2) is 0 Å². The summed E-state index contributed by atoms with van der Waals surface area (Å²) in [5.41, 5.74) is -0.0416. The summed E-state index contributed by atoms with van der Waals surface area (Å²) in [5.74, 6) is 0. The topological polar surface area (TPSA) is 48.3 Å². The van der Waals surface area contributed by atoms with Gasteiger partial charge in [0.05, 0.1) is 24.3 Å². The first kappa shape index (κ1) is 12.4. The number of ether oxygens (including phenoxy) is 1. The zero-order valence-electron chi connectivity index (χ0n) is 9.92. The molecule has 1 atom stereocenters. The monoisotopic (exact) mass is 211 g/mol. The third kappa shape index (κ3) is 4.17. The molecule has 1 saturated heterocycles. The van der Waals surface area contributed by atoms with Crippen LogP contribution in [0.4, 0.5) is 0 Å². The van der Waals surface area contributed by atoms with Gasteiger partial charge in [-0.15, -0.1) is 0 Å². The SMILES string of the molecule is CNC(C#N)CCN1CCOC(C)(C)C1. The highest BCUT2D eigenvalue weighted by Gasteiger charge is 2.26. The van der Waals surface area contributed by atoms with Gasteiger partial charge in [-0.2, -0.15) is 5.26 Å². The van der Waals surface area contributed by atoms with Crippen LogP contribution >= 0.6 is 0 Å².